The Balaban J connectivity index is 2.19. The lowest BCUT2D eigenvalue weighted by Gasteiger charge is -2.02. The van der Waals surface area contributed by atoms with Crippen LogP contribution in [0.1, 0.15) is 0 Å². The van der Waals surface area contributed by atoms with Crippen LogP contribution in [0.2, 0.25) is 5.15 Å². The Bertz CT molecular complexity index is 759. The lowest BCUT2D eigenvalue weighted by Crippen LogP contribution is -1.91. The number of ether oxygens (including phenoxy) is 1. The molecule has 0 saturated carbocycles. The Hall–Kier alpha value is -1.72. The summed E-state index contributed by atoms with van der Waals surface area (Å²) < 4.78 is 18.4. The summed E-state index contributed by atoms with van der Waals surface area (Å²) in [6, 6.07) is 6.08. The van der Waals surface area contributed by atoms with E-state index in [1.807, 2.05) is 11.4 Å². The lowest BCUT2D eigenvalue weighted by molar-refractivity contribution is 0.417. The van der Waals surface area contributed by atoms with Crippen molar-refractivity contribution in [3.8, 4) is 16.5 Å². The molecule has 0 spiro atoms. The minimum absolute atomic E-state index is 0.312. The molecule has 0 aliphatic carbocycles. The molecule has 3 rings (SSSR count). The van der Waals surface area contributed by atoms with E-state index < -0.39 is 0 Å². The first kappa shape index (κ1) is 12.3. The highest BCUT2D eigenvalue weighted by Crippen LogP contribution is 2.31. The number of halogens is 2. The molecule has 0 radical (unpaired) electrons. The van der Waals surface area contributed by atoms with Crippen molar-refractivity contribution in [2.45, 2.75) is 0 Å². The second kappa shape index (κ2) is 4.75. The minimum atomic E-state index is -0.350. The zero-order chi connectivity index (χ0) is 13.4. The number of benzene rings is 1. The van der Waals surface area contributed by atoms with Gasteiger partial charge in [0, 0.05) is 22.9 Å². The van der Waals surface area contributed by atoms with E-state index in [-0.39, 0.29) is 5.82 Å². The molecule has 0 amide bonds. The molecule has 96 valence electrons. The molecule has 0 aliphatic heterocycles. The Morgan fingerprint density at radius 3 is 2.84 bits per heavy atom. The zero-order valence-electron chi connectivity index (χ0n) is 9.85. The van der Waals surface area contributed by atoms with Crippen LogP contribution >= 0.6 is 22.9 Å². The summed E-state index contributed by atoms with van der Waals surface area (Å²) in [6.45, 7) is 0. The van der Waals surface area contributed by atoms with Crippen molar-refractivity contribution in [1.82, 2.24) is 9.97 Å². The molecule has 0 saturated heterocycles. The van der Waals surface area contributed by atoms with Gasteiger partial charge in [0.25, 0.3) is 0 Å². The van der Waals surface area contributed by atoms with Gasteiger partial charge in [0.15, 0.2) is 5.82 Å². The first-order valence-corrected chi connectivity index (χ1v) is 6.69. The molecule has 0 unspecified atom stereocenters. The van der Waals surface area contributed by atoms with Gasteiger partial charge in [-0.05, 0) is 12.1 Å². The number of hydrogen-bond acceptors (Lipinski definition) is 4. The molecule has 2 aromatic heterocycles. The van der Waals surface area contributed by atoms with Crippen LogP contribution in [-0.2, 0) is 0 Å². The van der Waals surface area contributed by atoms with Gasteiger partial charge in [-0.1, -0.05) is 11.6 Å². The summed E-state index contributed by atoms with van der Waals surface area (Å²) in [7, 11) is 1.59. The molecule has 0 N–H and O–H groups in total. The molecule has 0 fully saturated rings. The van der Waals surface area contributed by atoms with E-state index in [1.165, 1.54) is 23.5 Å². The highest BCUT2D eigenvalue weighted by atomic mass is 35.5. The van der Waals surface area contributed by atoms with Crippen molar-refractivity contribution in [3.63, 3.8) is 0 Å². The molecule has 19 heavy (non-hydrogen) atoms. The minimum Gasteiger partial charge on any atom is -0.496 e. The molecule has 0 atom stereocenters. The number of rotatable bonds is 2. The monoisotopic (exact) mass is 294 g/mol. The quantitative estimate of drug-likeness (QED) is 0.666. The van der Waals surface area contributed by atoms with Crippen LogP contribution in [0, 0.1) is 5.82 Å². The first-order chi connectivity index (χ1) is 9.17. The van der Waals surface area contributed by atoms with Crippen LogP contribution in [0.25, 0.3) is 21.6 Å². The molecule has 0 aliphatic rings. The van der Waals surface area contributed by atoms with Gasteiger partial charge in [-0.3, -0.25) is 0 Å². The van der Waals surface area contributed by atoms with Gasteiger partial charge >= 0.3 is 0 Å². The molecule has 3 aromatic rings. The van der Waals surface area contributed by atoms with Crippen LogP contribution in [0.15, 0.2) is 29.6 Å². The maximum absolute atomic E-state index is 13.2. The first-order valence-electron chi connectivity index (χ1n) is 5.43. The third-order valence-electron chi connectivity index (χ3n) is 2.64. The fraction of sp³-hybridized carbons (Fsp3) is 0.0769. The Morgan fingerprint density at radius 2 is 2.11 bits per heavy atom. The molecule has 0 bridgehead atoms. The summed E-state index contributed by atoms with van der Waals surface area (Å²) in [5.74, 6) is 0.854. The summed E-state index contributed by atoms with van der Waals surface area (Å²) in [5, 5.41) is 2.80. The molecule has 1 aromatic carbocycles. The number of thiophene rings is 1. The predicted molar refractivity (Wildman–Crippen MR) is 74.4 cm³/mol. The molecular weight excluding hydrogens is 287 g/mol. The Labute approximate surface area is 117 Å². The fourth-order valence-corrected chi connectivity index (χ4v) is 2.75. The topological polar surface area (TPSA) is 35.0 Å². The van der Waals surface area contributed by atoms with E-state index in [1.54, 1.807) is 13.2 Å². The van der Waals surface area contributed by atoms with Crippen molar-refractivity contribution < 1.29 is 9.13 Å². The average Bonchev–Trinajstić information content (AvgIpc) is 2.86. The van der Waals surface area contributed by atoms with Gasteiger partial charge in [-0.2, -0.15) is 0 Å². The van der Waals surface area contributed by atoms with Crippen molar-refractivity contribution >= 4 is 33.8 Å². The van der Waals surface area contributed by atoms with E-state index in [0.29, 0.717) is 21.9 Å². The highest BCUT2D eigenvalue weighted by Gasteiger charge is 2.11. The lowest BCUT2D eigenvalue weighted by atomic mass is 10.2. The van der Waals surface area contributed by atoms with Crippen LogP contribution < -0.4 is 4.74 Å². The van der Waals surface area contributed by atoms with E-state index in [4.69, 9.17) is 16.3 Å². The maximum atomic E-state index is 13.2. The molecule has 3 nitrogen and oxygen atoms in total. The number of hydrogen-bond donors (Lipinski definition) is 0. The van der Waals surface area contributed by atoms with E-state index >= 15 is 0 Å². The van der Waals surface area contributed by atoms with Crippen LogP contribution in [0.4, 0.5) is 4.39 Å². The van der Waals surface area contributed by atoms with Crippen LogP contribution in [0.5, 0.6) is 5.75 Å². The summed E-state index contributed by atoms with van der Waals surface area (Å²) in [5.41, 5.74) is 0.488. The Kier molecular flexibility index (Phi) is 3.08. The SMILES string of the molecule is COc1csc(-c2nc(Cl)c3ccc(F)cc3n2)c1. The molecule has 2 heterocycles. The van der Waals surface area contributed by atoms with Gasteiger partial charge in [0.1, 0.15) is 16.7 Å². The highest BCUT2D eigenvalue weighted by molar-refractivity contribution is 7.13. The number of aromatic nitrogens is 2. The second-order valence-corrected chi connectivity index (χ2v) is 5.12. The molecular formula is C13H8ClFN2OS. The second-order valence-electron chi connectivity index (χ2n) is 3.85. The van der Waals surface area contributed by atoms with E-state index in [0.717, 1.165) is 10.6 Å². The normalized spacial score (nSPS) is 10.9. The van der Waals surface area contributed by atoms with Crippen molar-refractivity contribution in [2.24, 2.45) is 0 Å². The smallest absolute Gasteiger partial charge is 0.171 e. The van der Waals surface area contributed by atoms with Crippen molar-refractivity contribution in [2.75, 3.05) is 7.11 Å². The average molecular weight is 295 g/mol. The van der Waals surface area contributed by atoms with Crippen LogP contribution in [-0.4, -0.2) is 17.1 Å². The predicted octanol–water partition coefficient (Wildman–Crippen LogP) is 4.16. The van der Waals surface area contributed by atoms with Crippen molar-refractivity contribution in [1.29, 1.82) is 0 Å². The van der Waals surface area contributed by atoms with Gasteiger partial charge in [0.2, 0.25) is 0 Å². The zero-order valence-corrected chi connectivity index (χ0v) is 11.4. The number of methoxy groups -OCH3 is 1. The van der Waals surface area contributed by atoms with E-state index in [9.17, 15) is 4.39 Å². The van der Waals surface area contributed by atoms with Crippen LogP contribution in [0.3, 0.4) is 0 Å². The fourth-order valence-electron chi connectivity index (χ4n) is 1.72. The van der Waals surface area contributed by atoms with Gasteiger partial charge < -0.3 is 4.74 Å². The Morgan fingerprint density at radius 1 is 1.26 bits per heavy atom. The molecule has 6 heteroatoms. The summed E-state index contributed by atoms with van der Waals surface area (Å²) >= 11 is 7.55. The number of fused-ring (bicyclic) bond motifs is 1. The standard InChI is InChI=1S/C13H8ClFN2OS/c1-18-8-5-11(19-6-8)13-16-10-4-7(15)2-3-9(10)12(14)17-13/h2-6H,1H3. The summed E-state index contributed by atoms with van der Waals surface area (Å²) in [4.78, 5) is 9.39. The third-order valence-corrected chi connectivity index (χ3v) is 3.84. The van der Waals surface area contributed by atoms with Crippen molar-refractivity contribution in [3.05, 3.63) is 40.6 Å². The summed E-state index contributed by atoms with van der Waals surface area (Å²) in [6.07, 6.45) is 0. The largest absolute Gasteiger partial charge is 0.496 e. The van der Waals surface area contributed by atoms with Gasteiger partial charge in [-0.25, -0.2) is 14.4 Å². The third kappa shape index (κ3) is 2.27. The number of nitrogens with zero attached hydrogens (tertiary/aromatic N) is 2. The van der Waals surface area contributed by atoms with Gasteiger partial charge in [0.05, 0.1) is 17.5 Å². The van der Waals surface area contributed by atoms with E-state index in [2.05, 4.69) is 9.97 Å². The maximum Gasteiger partial charge on any atom is 0.171 e. The van der Waals surface area contributed by atoms with Gasteiger partial charge in [-0.15, -0.1) is 11.3 Å².